The molecule has 4 amide bonds. The highest BCUT2D eigenvalue weighted by Gasteiger charge is 2.25. The van der Waals surface area contributed by atoms with E-state index in [1.807, 2.05) is 30.3 Å². The molecule has 2 heterocycles. The van der Waals surface area contributed by atoms with Crippen molar-refractivity contribution >= 4 is 41.3 Å². The first-order valence-electron chi connectivity index (χ1n) is 17.4. The molecule has 4 rings (SSSR count). The number of hydrogen-bond donors (Lipinski definition) is 5. The minimum Gasteiger partial charge on any atom is -0.444 e. The molecule has 0 saturated heterocycles. The highest BCUT2D eigenvalue weighted by Crippen LogP contribution is 2.23. The quantitative estimate of drug-likeness (QED) is 0.0854. The van der Waals surface area contributed by atoms with Crippen LogP contribution in [-0.2, 0) is 20.8 Å². The van der Waals surface area contributed by atoms with Crippen molar-refractivity contribution in [1.82, 2.24) is 25.6 Å². The number of para-hydroxylation sites is 2. The maximum atomic E-state index is 13.5. The second kappa shape index (κ2) is 18.4. The van der Waals surface area contributed by atoms with Gasteiger partial charge in [0.05, 0.1) is 17.1 Å². The summed E-state index contributed by atoms with van der Waals surface area (Å²) in [7, 11) is 0. The summed E-state index contributed by atoms with van der Waals surface area (Å²) in [6, 6.07) is 18.5. The molecule has 4 aromatic rings. The molecule has 0 unspecified atom stereocenters. The summed E-state index contributed by atoms with van der Waals surface area (Å²) in [6.07, 6.45) is 5.15. The van der Waals surface area contributed by atoms with Crippen LogP contribution in [0.5, 0.6) is 0 Å². The van der Waals surface area contributed by atoms with E-state index in [-0.39, 0.29) is 12.3 Å². The average Bonchev–Trinajstić information content (AvgIpc) is 3.10. The van der Waals surface area contributed by atoms with Crippen LogP contribution < -0.4 is 26.6 Å². The smallest absolute Gasteiger partial charge is 0.408 e. The Morgan fingerprint density at radius 3 is 2.09 bits per heavy atom. The van der Waals surface area contributed by atoms with Gasteiger partial charge in [-0.2, -0.15) is 0 Å². The predicted octanol–water partition coefficient (Wildman–Crippen LogP) is 6.93. The lowest BCUT2D eigenvalue weighted by Gasteiger charge is -2.24. The second-order valence-electron chi connectivity index (χ2n) is 14.2. The van der Waals surface area contributed by atoms with Crippen LogP contribution in [-0.4, -0.2) is 62.7 Å². The van der Waals surface area contributed by atoms with E-state index in [9.17, 15) is 19.2 Å². The number of hydrogen-bond acceptors (Lipinski definition) is 10. The summed E-state index contributed by atoms with van der Waals surface area (Å²) >= 11 is 0. The molecule has 14 nitrogen and oxygen atoms in total. The monoisotopic (exact) mass is 724 g/mol. The number of benzene rings is 2. The molecule has 5 N–H and O–H groups in total. The van der Waals surface area contributed by atoms with Crippen molar-refractivity contribution in [2.24, 2.45) is 0 Å². The van der Waals surface area contributed by atoms with E-state index in [1.54, 1.807) is 96.5 Å². The zero-order valence-corrected chi connectivity index (χ0v) is 31.0. The van der Waals surface area contributed by atoms with E-state index >= 15 is 0 Å². The second-order valence-corrected chi connectivity index (χ2v) is 14.2. The van der Waals surface area contributed by atoms with E-state index in [0.717, 1.165) is 16.8 Å². The molecule has 2 aromatic carbocycles. The fourth-order valence-electron chi connectivity index (χ4n) is 4.89. The molecular weight excluding hydrogens is 676 g/mol. The Balaban J connectivity index is 1.35. The van der Waals surface area contributed by atoms with E-state index in [2.05, 4.69) is 41.5 Å². The standard InChI is InChI=1S/C39H48N8O6/c1-38(2,3)52-36(50)42-22-10-9-15-32(47-37(51)53-39(4,5)6)34(49)45-31-14-8-7-13-30(31)44-33(48)27-18-16-26(17-19-27)24-43-35-41-23-20-29(46-35)28-12-11-21-40-25-28/h7-8,11-14,16-21,23,25,32H,9-10,15,22,24H2,1-6H3,(H,42,50)(H,44,48)(H,45,49)(H,47,51)(H,41,43,46)/t32-/m0/s1. The Labute approximate surface area is 309 Å². The van der Waals surface area contributed by atoms with Crippen LogP contribution in [0.3, 0.4) is 0 Å². The highest BCUT2D eigenvalue weighted by molar-refractivity contribution is 6.07. The van der Waals surface area contributed by atoms with Gasteiger partial charge in [-0.25, -0.2) is 19.6 Å². The number of carbonyl (C=O) groups excluding carboxylic acids is 4. The van der Waals surface area contributed by atoms with Gasteiger partial charge in [-0.15, -0.1) is 0 Å². The van der Waals surface area contributed by atoms with Crippen LogP contribution in [0.1, 0.15) is 76.7 Å². The molecule has 280 valence electrons. The third-order valence-corrected chi connectivity index (χ3v) is 7.31. The normalized spacial score (nSPS) is 11.8. The number of rotatable bonds is 14. The van der Waals surface area contributed by atoms with Gasteiger partial charge in [0.1, 0.15) is 17.2 Å². The number of ether oxygens (including phenoxy) is 2. The van der Waals surface area contributed by atoms with Gasteiger partial charge in [-0.3, -0.25) is 14.6 Å². The summed E-state index contributed by atoms with van der Waals surface area (Å²) in [4.78, 5) is 64.4. The van der Waals surface area contributed by atoms with Crippen LogP contribution in [0.25, 0.3) is 11.3 Å². The summed E-state index contributed by atoms with van der Waals surface area (Å²) in [5.74, 6) is -0.408. The third-order valence-electron chi connectivity index (χ3n) is 7.31. The lowest BCUT2D eigenvalue weighted by atomic mass is 10.1. The Bertz CT molecular complexity index is 1840. The largest absolute Gasteiger partial charge is 0.444 e. The number of aromatic nitrogens is 3. The van der Waals surface area contributed by atoms with E-state index in [1.165, 1.54) is 0 Å². The van der Waals surface area contributed by atoms with Crippen LogP contribution >= 0.6 is 0 Å². The molecule has 0 fully saturated rings. The Hall–Kier alpha value is -6.05. The maximum absolute atomic E-state index is 13.5. The number of nitrogens with one attached hydrogen (secondary N) is 5. The fourth-order valence-corrected chi connectivity index (χ4v) is 4.89. The van der Waals surface area contributed by atoms with Gasteiger partial charge in [-0.1, -0.05) is 24.3 Å². The zero-order valence-electron chi connectivity index (χ0n) is 31.0. The first-order valence-corrected chi connectivity index (χ1v) is 17.4. The number of alkyl carbamates (subject to hydrolysis) is 2. The van der Waals surface area contributed by atoms with Gasteiger partial charge in [0.2, 0.25) is 11.9 Å². The summed E-state index contributed by atoms with van der Waals surface area (Å²) < 4.78 is 10.6. The van der Waals surface area contributed by atoms with Gasteiger partial charge >= 0.3 is 12.2 Å². The van der Waals surface area contributed by atoms with Crippen molar-refractivity contribution < 1.29 is 28.7 Å². The topological polar surface area (TPSA) is 186 Å². The zero-order chi connectivity index (χ0) is 38.4. The minimum absolute atomic E-state index is 0.263. The molecule has 0 aliphatic heterocycles. The van der Waals surface area contributed by atoms with Gasteiger partial charge in [0.25, 0.3) is 5.91 Å². The van der Waals surface area contributed by atoms with Crippen molar-refractivity contribution in [3.63, 3.8) is 0 Å². The van der Waals surface area contributed by atoms with Crippen LogP contribution in [0.4, 0.5) is 26.9 Å². The van der Waals surface area contributed by atoms with Crippen molar-refractivity contribution in [2.75, 3.05) is 22.5 Å². The van der Waals surface area contributed by atoms with Gasteiger partial charge in [0, 0.05) is 42.8 Å². The van der Waals surface area contributed by atoms with Gasteiger partial charge < -0.3 is 36.1 Å². The number of carbonyl (C=O) groups is 4. The molecule has 2 aromatic heterocycles. The number of amides is 4. The van der Waals surface area contributed by atoms with Gasteiger partial charge in [0.15, 0.2) is 0 Å². The predicted molar refractivity (Wildman–Crippen MR) is 203 cm³/mol. The summed E-state index contributed by atoms with van der Waals surface area (Å²) in [5, 5.41) is 14.3. The number of nitrogens with zero attached hydrogens (tertiary/aromatic N) is 3. The summed E-state index contributed by atoms with van der Waals surface area (Å²) in [5.41, 5.74) is 2.29. The van der Waals surface area contributed by atoms with Crippen molar-refractivity contribution in [3.05, 3.63) is 96.4 Å². The molecule has 14 heteroatoms. The SMILES string of the molecule is CC(C)(C)OC(=O)NCCCC[C@H](NC(=O)OC(C)(C)C)C(=O)Nc1ccccc1NC(=O)c1ccc(CNc2nccc(-c3cccnc3)n2)cc1. The van der Waals surface area contributed by atoms with Crippen molar-refractivity contribution in [2.45, 2.75) is 84.6 Å². The molecule has 0 spiro atoms. The van der Waals surface area contributed by atoms with Crippen LogP contribution in [0.2, 0.25) is 0 Å². The molecule has 0 bridgehead atoms. The Morgan fingerprint density at radius 1 is 0.755 bits per heavy atom. The summed E-state index contributed by atoms with van der Waals surface area (Å²) in [6.45, 7) is 11.3. The first kappa shape index (κ1) is 39.7. The van der Waals surface area contributed by atoms with Gasteiger partial charge in [-0.05, 0) is 109 Å². The Morgan fingerprint density at radius 2 is 1.43 bits per heavy atom. The molecule has 0 radical (unpaired) electrons. The van der Waals surface area contributed by atoms with Crippen molar-refractivity contribution in [1.29, 1.82) is 0 Å². The maximum Gasteiger partial charge on any atom is 0.408 e. The number of unbranched alkanes of at least 4 members (excludes halogenated alkanes) is 1. The lowest BCUT2D eigenvalue weighted by molar-refractivity contribution is -0.118. The van der Waals surface area contributed by atoms with Crippen LogP contribution in [0, 0.1) is 0 Å². The molecule has 0 saturated carbocycles. The fraction of sp³-hybridized carbons (Fsp3) is 0.359. The first-order chi connectivity index (χ1) is 25.1. The van der Waals surface area contributed by atoms with Crippen molar-refractivity contribution in [3.8, 4) is 11.3 Å². The lowest BCUT2D eigenvalue weighted by Crippen LogP contribution is -2.46. The molecule has 0 aliphatic carbocycles. The number of anilines is 3. The Kier molecular flexibility index (Phi) is 13.8. The van der Waals surface area contributed by atoms with E-state index in [0.29, 0.717) is 48.8 Å². The number of pyridine rings is 1. The highest BCUT2D eigenvalue weighted by atomic mass is 16.6. The third kappa shape index (κ3) is 13.9. The average molecular weight is 725 g/mol. The van der Waals surface area contributed by atoms with E-state index < -0.39 is 35.3 Å². The molecule has 1 atom stereocenters. The minimum atomic E-state index is -0.959. The van der Waals surface area contributed by atoms with Crippen LogP contribution in [0.15, 0.2) is 85.3 Å². The molecular formula is C39H48N8O6. The van der Waals surface area contributed by atoms with E-state index in [4.69, 9.17) is 9.47 Å². The molecule has 53 heavy (non-hydrogen) atoms. The molecule has 0 aliphatic rings.